The van der Waals surface area contributed by atoms with Crippen LogP contribution in [0.25, 0.3) is 0 Å². The summed E-state index contributed by atoms with van der Waals surface area (Å²) < 4.78 is 0. The Morgan fingerprint density at radius 1 is 1.48 bits per heavy atom. The van der Waals surface area contributed by atoms with E-state index in [-0.39, 0.29) is 17.9 Å². The van der Waals surface area contributed by atoms with Gasteiger partial charge in [0.25, 0.3) is 5.91 Å². The van der Waals surface area contributed by atoms with Crippen molar-refractivity contribution in [1.82, 2.24) is 20.0 Å². The number of carbonyl (C=O) groups is 2. The van der Waals surface area contributed by atoms with E-state index in [4.69, 9.17) is 11.6 Å². The second-order valence-corrected chi connectivity index (χ2v) is 6.54. The van der Waals surface area contributed by atoms with Crippen molar-refractivity contribution >= 4 is 23.4 Å². The average molecular weight is 311 g/mol. The fourth-order valence-electron chi connectivity index (χ4n) is 3.57. The van der Waals surface area contributed by atoms with Crippen molar-refractivity contribution in [3.8, 4) is 0 Å². The quantitative estimate of drug-likeness (QED) is 0.897. The number of hydrogen-bond donors (Lipinski definition) is 1. The van der Waals surface area contributed by atoms with Crippen molar-refractivity contribution in [3.63, 3.8) is 0 Å². The van der Waals surface area contributed by atoms with E-state index in [1.165, 1.54) is 6.20 Å². The highest BCUT2D eigenvalue weighted by Gasteiger charge is 2.42. The molecule has 0 aromatic carbocycles. The van der Waals surface area contributed by atoms with Gasteiger partial charge >= 0.3 is 0 Å². The molecule has 1 N–H and O–H groups in total. The van der Waals surface area contributed by atoms with Gasteiger partial charge in [0, 0.05) is 33.1 Å². The number of rotatable bonds is 2. The molecule has 2 heterocycles. The van der Waals surface area contributed by atoms with Crippen LogP contribution in [0.3, 0.4) is 0 Å². The topological polar surface area (TPSA) is 69.3 Å². The molecule has 1 aromatic heterocycles. The van der Waals surface area contributed by atoms with E-state index in [1.807, 2.05) is 7.05 Å². The van der Waals surface area contributed by atoms with Gasteiger partial charge in [0.2, 0.25) is 5.91 Å². The second-order valence-electron chi connectivity index (χ2n) is 6.13. The van der Waals surface area contributed by atoms with Crippen molar-refractivity contribution in [3.05, 3.63) is 16.9 Å². The first kappa shape index (κ1) is 14.4. The van der Waals surface area contributed by atoms with Gasteiger partial charge in [-0.3, -0.25) is 14.7 Å². The Morgan fingerprint density at radius 3 is 2.86 bits per heavy atom. The zero-order valence-electron chi connectivity index (χ0n) is 12.2. The van der Waals surface area contributed by atoms with Crippen molar-refractivity contribution in [2.24, 2.45) is 11.8 Å². The van der Waals surface area contributed by atoms with Crippen LogP contribution in [-0.4, -0.2) is 58.5 Å². The fourth-order valence-corrected chi connectivity index (χ4v) is 3.74. The predicted octanol–water partition coefficient (Wildman–Crippen LogP) is 1.39. The summed E-state index contributed by atoms with van der Waals surface area (Å²) in [5.74, 6) is 0.958. The summed E-state index contributed by atoms with van der Waals surface area (Å²) in [7, 11) is 3.65. The summed E-state index contributed by atoms with van der Waals surface area (Å²) in [5.41, 5.74) is 0.335. The Labute approximate surface area is 128 Å². The van der Waals surface area contributed by atoms with Gasteiger partial charge in [0.05, 0.1) is 11.2 Å². The lowest BCUT2D eigenvalue weighted by Crippen LogP contribution is -2.40. The minimum absolute atomic E-state index is 0.138. The van der Waals surface area contributed by atoms with Crippen molar-refractivity contribution in [1.29, 1.82) is 0 Å². The minimum Gasteiger partial charge on any atom is -0.345 e. The van der Waals surface area contributed by atoms with Gasteiger partial charge in [-0.05, 0) is 24.7 Å². The molecule has 2 fully saturated rings. The lowest BCUT2D eigenvalue weighted by Gasteiger charge is -2.31. The summed E-state index contributed by atoms with van der Waals surface area (Å²) in [5, 5.41) is 6.78. The Kier molecular flexibility index (Phi) is 3.65. The van der Waals surface area contributed by atoms with Gasteiger partial charge in [0.1, 0.15) is 5.69 Å². The fraction of sp³-hybridized carbons (Fsp3) is 0.643. The first-order valence-electron chi connectivity index (χ1n) is 7.17. The van der Waals surface area contributed by atoms with E-state index in [2.05, 4.69) is 10.2 Å². The van der Waals surface area contributed by atoms with Gasteiger partial charge in [-0.25, -0.2) is 0 Å². The van der Waals surface area contributed by atoms with Crippen LogP contribution >= 0.6 is 11.6 Å². The third-order valence-corrected chi connectivity index (χ3v) is 5.15. The van der Waals surface area contributed by atoms with Crippen LogP contribution in [0.2, 0.25) is 5.02 Å². The Morgan fingerprint density at radius 2 is 2.19 bits per heavy atom. The summed E-state index contributed by atoms with van der Waals surface area (Å²) in [6.45, 7) is 0.798. The van der Waals surface area contributed by atoms with E-state index >= 15 is 0 Å². The lowest BCUT2D eigenvalue weighted by molar-refractivity contribution is -0.134. The number of halogens is 1. The maximum absolute atomic E-state index is 12.4. The Balaban J connectivity index is 1.70. The van der Waals surface area contributed by atoms with Crippen molar-refractivity contribution in [2.45, 2.75) is 25.3 Å². The standard InChI is InChI=1S/C14H19ClN4O2/c1-18-7-9-4-10(3-8(9)5-12(18)20)19(2)14(21)13-11(15)6-16-17-13/h6,8-10H,3-5,7H2,1-2H3,(H,16,17)/t8-,9+,10-/m1/s1. The molecule has 2 amide bonds. The summed E-state index contributed by atoms with van der Waals surface area (Å²) in [6, 6.07) is 0.158. The molecule has 114 valence electrons. The molecule has 3 atom stereocenters. The molecule has 1 aliphatic carbocycles. The summed E-state index contributed by atoms with van der Waals surface area (Å²) in [4.78, 5) is 27.8. The molecule has 7 heteroatoms. The number of amides is 2. The highest BCUT2D eigenvalue weighted by Crippen LogP contribution is 2.40. The zero-order valence-corrected chi connectivity index (χ0v) is 12.9. The van der Waals surface area contributed by atoms with Crippen LogP contribution in [0.1, 0.15) is 29.8 Å². The third kappa shape index (κ3) is 2.52. The minimum atomic E-state index is -0.138. The first-order chi connectivity index (χ1) is 9.97. The van der Waals surface area contributed by atoms with Gasteiger partial charge in [-0.2, -0.15) is 5.10 Å². The molecule has 0 spiro atoms. The van der Waals surface area contributed by atoms with E-state index in [0.29, 0.717) is 29.0 Å². The number of fused-ring (bicyclic) bond motifs is 1. The SMILES string of the molecule is CN1C[C@@H]2C[C@H](N(C)C(=O)c3[nH]ncc3Cl)C[C@@H]2CC1=O. The Hall–Kier alpha value is -1.56. The Bertz CT molecular complexity index is 573. The number of nitrogens with zero attached hydrogens (tertiary/aromatic N) is 3. The summed E-state index contributed by atoms with van der Waals surface area (Å²) in [6.07, 6.45) is 3.86. The van der Waals surface area contributed by atoms with Crippen LogP contribution in [0, 0.1) is 11.8 Å². The molecule has 2 aliphatic rings. The molecule has 1 aliphatic heterocycles. The zero-order chi connectivity index (χ0) is 15.1. The van der Waals surface area contributed by atoms with E-state index < -0.39 is 0 Å². The molecule has 6 nitrogen and oxygen atoms in total. The number of likely N-dealkylation sites (tertiary alicyclic amines) is 1. The normalized spacial score (nSPS) is 28.6. The number of aromatic amines is 1. The van der Waals surface area contributed by atoms with Crippen molar-refractivity contribution in [2.75, 3.05) is 20.6 Å². The lowest BCUT2D eigenvalue weighted by atomic mass is 9.88. The van der Waals surface area contributed by atoms with E-state index in [1.54, 1.807) is 16.8 Å². The maximum Gasteiger partial charge on any atom is 0.273 e. The average Bonchev–Trinajstić information content (AvgIpc) is 3.04. The van der Waals surface area contributed by atoms with Crippen LogP contribution in [0.4, 0.5) is 0 Å². The number of carbonyl (C=O) groups excluding carboxylic acids is 2. The van der Waals surface area contributed by atoms with Gasteiger partial charge in [-0.15, -0.1) is 0 Å². The molecule has 1 aromatic rings. The molecular formula is C14H19ClN4O2. The van der Waals surface area contributed by atoms with E-state index in [9.17, 15) is 9.59 Å². The molecule has 1 saturated heterocycles. The van der Waals surface area contributed by atoms with Crippen LogP contribution in [0.5, 0.6) is 0 Å². The number of piperidine rings is 1. The monoisotopic (exact) mass is 310 g/mol. The number of H-pyrrole nitrogens is 1. The van der Waals surface area contributed by atoms with Gasteiger partial charge in [0.15, 0.2) is 0 Å². The van der Waals surface area contributed by atoms with Crippen LogP contribution in [0.15, 0.2) is 6.20 Å². The molecule has 0 unspecified atom stereocenters. The number of hydrogen-bond acceptors (Lipinski definition) is 3. The number of nitrogens with one attached hydrogen (secondary N) is 1. The highest BCUT2D eigenvalue weighted by atomic mass is 35.5. The molecule has 21 heavy (non-hydrogen) atoms. The van der Waals surface area contributed by atoms with Crippen molar-refractivity contribution < 1.29 is 9.59 Å². The largest absolute Gasteiger partial charge is 0.345 e. The smallest absolute Gasteiger partial charge is 0.273 e. The highest BCUT2D eigenvalue weighted by molar-refractivity contribution is 6.33. The maximum atomic E-state index is 12.4. The molecule has 0 radical (unpaired) electrons. The molecule has 1 saturated carbocycles. The molecule has 0 bridgehead atoms. The number of aromatic nitrogens is 2. The summed E-state index contributed by atoms with van der Waals surface area (Å²) >= 11 is 5.95. The van der Waals surface area contributed by atoms with Crippen LogP contribution in [-0.2, 0) is 4.79 Å². The van der Waals surface area contributed by atoms with E-state index in [0.717, 1.165) is 19.4 Å². The first-order valence-corrected chi connectivity index (χ1v) is 7.55. The third-order valence-electron chi connectivity index (χ3n) is 4.86. The second kappa shape index (κ2) is 5.33. The predicted molar refractivity (Wildman–Crippen MR) is 77.9 cm³/mol. The van der Waals surface area contributed by atoms with Gasteiger partial charge in [-0.1, -0.05) is 11.6 Å². The molecular weight excluding hydrogens is 292 g/mol. The van der Waals surface area contributed by atoms with Gasteiger partial charge < -0.3 is 9.80 Å². The van der Waals surface area contributed by atoms with Crippen LogP contribution < -0.4 is 0 Å². The molecule has 3 rings (SSSR count).